The van der Waals surface area contributed by atoms with Gasteiger partial charge < -0.3 is 4.98 Å². The van der Waals surface area contributed by atoms with Gasteiger partial charge in [0.2, 0.25) is 0 Å². The van der Waals surface area contributed by atoms with Crippen molar-refractivity contribution in [3.05, 3.63) is 63.6 Å². The van der Waals surface area contributed by atoms with Crippen LogP contribution < -0.4 is 5.56 Å². The minimum absolute atomic E-state index is 0.00784. The van der Waals surface area contributed by atoms with Crippen LogP contribution in [-0.4, -0.2) is 31.4 Å². The Morgan fingerprint density at radius 1 is 1.24 bits per heavy atom. The second kappa shape index (κ2) is 6.37. The molecule has 3 aromatic heterocycles. The van der Waals surface area contributed by atoms with Crippen LogP contribution in [0.4, 0.5) is 0 Å². The molecule has 0 radical (unpaired) electrons. The van der Waals surface area contributed by atoms with Gasteiger partial charge in [-0.3, -0.25) is 9.69 Å². The highest BCUT2D eigenvalue weighted by Gasteiger charge is 2.22. The second-order valence-corrected chi connectivity index (χ2v) is 6.84. The number of aromatic amines is 1. The van der Waals surface area contributed by atoms with Gasteiger partial charge in [-0.25, -0.2) is 15.0 Å². The van der Waals surface area contributed by atoms with Gasteiger partial charge in [0.15, 0.2) is 5.65 Å². The summed E-state index contributed by atoms with van der Waals surface area (Å²) in [5.41, 5.74) is 3.45. The first kappa shape index (κ1) is 15.9. The molecule has 0 unspecified atom stereocenters. The van der Waals surface area contributed by atoms with E-state index >= 15 is 0 Å². The van der Waals surface area contributed by atoms with E-state index in [1.807, 2.05) is 38.1 Å². The number of H-pyrrole nitrogens is 1. The van der Waals surface area contributed by atoms with Gasteiger partial charge in [0.1, 0.15) is 5.82 Å². The van der Waals surface area contributed by atoms with Crippen LogP contribution >= 0.6 is 0 Å². The summed E-state index contributed by atoms with van der Waals surface area (Å²) >= 11 is 0. The summed E-state index contributed by atoms with van der Waals surface area (Å²) in [4.78, 5) is 31.2. The molecule has 128 valence electrons. The Morgan fingerprint density at radius 3 is 2.96 bits per heavy atom. The number of pyridine rings is 2. The molecular weight excluding hydrogens is 314 g/mol. The van der Waals surface area contributed by atoms with E-state index in [9.17, 15) is 4.79 Å². The molecule has 1 aliphatic heterocycles. The van der Waals surface area contributed by atoms with E-state index in [0.717, 1.165) is 46.8 Å². The maximum absolute atomic E-state index is 12.4. The summed E-state index contributed by atoms with van der Waals surface area (Å²) in [6, 6.07) is 8.00. The fraction of sp³-hybridized carbons (Fsp3) is 0.368. The van der Waals surface area contributed by atoms with Crippen molar-refractivity contribution in [3.63, 3.8) is 0 Å². The van der Waals surface area contributed by atoms with Gasteiger partial charge in [-0.15, -0.1) is 0 Å². The summed E-state index contributed by atoms with van der Waals surface area (Å²) in [7, 11) is 0. The topological polar surface area (TPSA) is 74.8 Å². The third-order valence-electron chi connectivity index (χ3n) is 4.62. The van der Waals surface area contributed by atoms with E-state index in [1.165, 1.54) is 0 Å². The zero-order chi connectivity index (χ0) is 17.4. The number of aromatic nitrogens is 4. The molecule has 1 N–H and O–H groups in total. The molecule has 6 heteroatoms. The lowest BCUT2D eigenvalue weighted by Crippen LogP contribution is -2.36. The van der Waals surface area contributed by atoms with Gasteiger partial charge in [-0.1, -0.05) is 13.8 Å². The molecular formula is C19H21N5O. The van der Waals surface area contributed by atoms with Crippen LogP contribution in [0.25, 0.3) is 11.0 Å². The van der Waals surface area contributed by atoms with Crippen molar-refractivity contribution in [3.8, 4) is 0 Å². The first-order valence-corrected chi connectivity index (χ1v) is 8.65. The van der Waals surface area contributed by atoms with E-state index in [4.69, 9.17) is 0 Å². The maximum atomic E-state index is 12.4. The molecule has 0 saturated heterocycles. The highest BCUT2D eigenvalue weighted by molar-refractivity contribution is 5.74. The third kappa shape index (κ3) is 3.17. The van der Waals surface area contributed by atoms with Crippen molar-refractivity contribution >= 4 is 11.0 Å². The van der Waals surface area contributed by atoms with Gasteiger partial charge in [-0.05, 0) is 24.3 Å². The van der Waals surface area contributed by atoms with Crippen LogP contribution in [0.15, 0.2) is 35.3 Å². The molecule has 1 aliphatic rings. The van der Waals surface area contributed by atoms with Crippen molar-refractivity contribution in [2.24, 2.45) is 0 Å². The predicted octanol–water partition coefficient (Wildman–Crippen LogP) is 2.39. The first-order chi connectivity index (χ1) is 12.1. The van der Waals surface area contributed by atoms with Crippen molar-refractivity contribution in [1.29, 1.82) is 0 Å². The smallest absolute Gasteiger partial charge is 0.255 e. The molecule has 0 atom stereocenters. The maximum Gasteiger partial charge on any atom is 0.255 e. The highest BCUT2D eigenvalue weighted by Crippen LogP contribution is 2.18. The lowest BCUT2D eigenvalue weighted by atomic mass is 10.1. The molecule has 25 heavy (non-hydrogen) atoms. The van der Waals surface area contributed by atoms with Crippen LogP contribution in [0.1, 0.15) is 42.5 Å². The molecule has 0 saturated carbocycles. The van der Waals surface area contributed by atoms with Crippen molar-refractivity contribution in [2.75, 3.05) is 6.54 Å². The molecule has 0 fully saturated rings. The SMILES string of the molecule is CC(C)c1nc2c(c(=O)[nH]1)CN(Cc1ccc3cccnc3n1)CC2. The zero-order valence-electron chi connectivity index (χ0n) is 14.5. The molecule has 4 heterocycles. The fourth-order valence-corrected chi connectivity index (χ4v) is 3.22. The average molecular weight is 335 g/mol. The zero-order valence-corrected chi connectivity index (χ0v) is 14.5. The third-order valence-corrected chi connectivity index (χ3v) is 4.62. The Bertz CT molecular complexity index is 979. The normalized spacial score (nSPS) is 14.8. The Hall–Kier alpha value is -2.60. The minimum Gasteiger partial charge on any atom is -0.310 e. The van der Waals surface area contributed by atoms with Crippen LogP contribution in [0.2, 0.25) is 0 Å². The van der Waals surface area contributed by atoms with Gasteiger partial charge in [0.25, 0.3) is 5.56 Å². The summed E-state index contributed by atoms with van der Waals surface area (Å²) < 4.78 is 0. The van der Waals surface area contributed by atoms with Gasteiger partial charge in [0.05, 0.1) is 17.0 Å². The van der Waals surface area contributed by atoms with E-state index in [1.54, 1.807) is 6.20 Å². The monoisotopic (exact) mass is 335 g/mol. The van der Waals surface area contributed by atoms with Crippen LogP contribution in [0.5, 0.6) is 0 Å². The Balaban J connectivity index is 1.56. The van der Waals surface area contributed by atoms with Crippen LogP contribution in [0.3, 0.4) is 0 Å². The van der Waals surface area contributed by atoms with E-state index in [0.29, 0.717) is 13.1 Å². The van der Waals surface area contributed by atoms with Crippen LogP contribution in [0, 0.1) is 0 Å². The number of nitrogens with zero attached hydrogens (tertiary/aromatic N) is 4. The van der Waals surface area contributed by atoms with Crippen molar-refractivity contribution < 1.29 is 0 Å². The quantitative estimate of drug-likeness (QED) is 0.795. The largest absolute Gasteiger partial charge is 0.310 e. The number of nitrogens with one attached hydrogen (secondary N) is 1. The highest BCUT2D eigenvalue weighted by atomic mass is 16.1. The van der Waals surface area contributed by atoms with Crippen molar-refractivity contribution in [2.45, 2.75) is 39.3 Å². The summed E-state index contributed by atoms with van der Waals surface area (Å²) in [5, 5.41) is 1.04. The molecule has 0 spiro atoms. The Kier molecular flexibility index (Phi) is 4.05. The minimum atomic E-state index is -0.00784. The number of hydrogen-bond donors (Lipinski definition) is 1. The molecule has 0 aliphatic carbocycles. The summed E-state index contributed by atoms with van der Waals surface area (Å²) in [5.74, 6) is 1.00. The van der Waals surface area contributed by atoms with E-state index in [-0.39, 0.29) is 11.5 Å². The Morgan fingerprint density at radius 2 is 2.12 bits per heavy atom. The first-order valence-electron chi connectivity index (χ1n) is 8.65. The van der Waals surface area contributed by atoms with Crippen molar-refractivity contribution in [1.82, 2.24) is 24.8 Å². The second-order valence-electron chi connectivity index (χ2n) is 6.84. The molecule has 0 bridgehead atoms. The Labute approximate surface area is 146 Å². The lowest BCUT2D eigenvalue weighted by molar-refractivity contribution is 0.238. The summed E-state index contributed by atoms with van der Waals surface area (Å²) in [6.07, 6.45) is 2.55. The van der Waals surface area contributed by atoms with E-state index in [2.05, 4.69) is 24.8 Å². The molecule has 0 amide bonds. The number of hydrogen-bond acceptors (Lipinski definition) is 5. The summed E-state index contributed by atoms with van der Waals surface area (Å²) in [6.45, 7) is 6.27. The standard InChI is InChI=1S/C19H21N5O/c1-12(2)17-22-16-7-9-24(11-15(16)19(25)23-17)10-14-6-5-13-4-3-8-20-18(13)21-14/h3-6,8,12H,7,9-11H2,1-2H3,(H,22,23,25). The average Bonchev–Trinajstić information content (AvgIpc) is 2.62. The lowest BCUT2D eigenvalue weighted by Gasteiger charge is -2.27. The van der Waals surface area contributed by atoms with Crippen LogP contribution in [-0.2, 0) is 19.5 Å². The predicted molar refractivity (Wildman–Crippen MR) is 96.3 cm³/mol. The van der Waals surface area contributed by atoms with Gasteiger partial charge in [0, 0.05) is 43.6 Å². The van der Waals surface area contributed by atoms with E-state index < -0.39 is 0 Å². The number of fused-ring (bicyclic) bond motifs is 2. The molecule has 6 nitrogen and oxygen atoms in total. The fourth-order valence-electron chi connectivity index (χ4n) is 3.22. The molecule has 4 rings (SSSR count). The number of rotatable bonds is 3. The molecule has 0 aromatic carbocycles. The van der Waals surface area contributed by atoms with Gasteiger partial charge >= 0.3 is 0 Å². The molecule has 3 aromatic rings. The van der Waals surface area contributed by atoms with Gasteiger partial charge in [-0.2, -0.15) is 0 Å².